The van der Waals surface area contributed by atoms with Crippen LogP contribution in [0.4, 0.5) is 0 Å². The molecule has 1 unspecified atom stereocenters. The molecule has 0 bridgehead atoms. The van der Waals surface area contributed by atoms with Crippen molar-refractivity contribution in [3.8, 4) is 22.1 Å². The number of rotatable bonds is 9. The Morgan fingerprint density at radius 3 is 2.59 bits per heavy atom. The van der Waals surface area contributed by atoms with Crippen molar-refractivity contribution >= 4 is 23.2 Å². The number of nitrogens with zero attached hydrogens (tertiary/aromatic N) is 1. The van der Waals surface area contributed by atoms with E-state index in [9.17, 15) is 14.7 Å². The minimum atomic E-state index is -1.03. The van der Waals surface area contributed by atoms with Crippen LogP contribution in [-0.4, -0.2) is 42.2 Å². The zero-order valence-corrected chi connectivity index (χ0v) is 16.6. The van der Waals surface area contributed by atoms with Crippen molar-refractivity contribution in [3.05, 3.63) is 29.3 Å². The van der Waals surface area contributed by atoms with E-state index in [0.717, 1.165) is 5.56 Å². The topological polar surface area (TPSA) is 97.8 Å². The van der Waals surface area contributed by atoms with E-state index in [1.165, 1.54) is 11.3 Å². The van der Waals surface area contributed by atoms with Crippen molar-refractivity contribution in [2.75, 3.05) is 14.2 Å². The number of thiazole rings is 1. The molecular weight excluding hydrogens is 368 g/mol. The molecule has 2 aromatic rings. The lowest BCUT2D eigenvalue weighted by molar-refractivity contribution is -0.142. The molecule has 0 fully saturated rings. The number of para-hydroxylation sites is 1. The third-order valence-corrected chi connectivity index (χ3v) is 4.79. The molecule has 0 aliphatic rings. The van der Waals surface area contributed by atoms with Gasteiger partial charge in [-0.25, -0.2) is 9.78 Å². The van der Waals surface area contributed by atoms with Gasteiger partial charge in [0.15, 0.2) is 11.5 Å². The van der Waals surface area contributed by atoms with Crippen molar-refractivity contribution in [1.82, 2.24) is 10.3 Å². The maximum absolute atomic E-state index is 12.2. The molecule has 8 heteroatoms. The molecule has 0 saturated carbocycles. The van der Waals surface area contributed by atoms with Gasteiger partial charge in [0.2, 0.25) is 5.91 Å². The van der Waals surface area contributed by atoms with Gasteiger partial charge in [0, 0.05) is 5.38 Å². The summed E-state index contributed by atoms with van der Waals surface area (Å²) in [6.07, 6.45) is 0.398. The number of aliphatic carboxylic acids is 1. The number of carbonyl (C=O) groups is 2. The summed E-state index contributed by atoms with van der Waals surface area (Å²) in [6, 6.07) is 4.61. The fourth-order valence-electron chi connectivity index (χ4n) is 2.67. The molecule has 0 aliphatic heterocycles. The Morgan fingerprint density at radius 2 is 2.00 bits per heavy atom. The summed E-state index contributed by atoms with van der Waals surface area (Å²) >= 11 is 1.39. The minimum Gasteiger partial charge on any atom is -0.493 e. The van der Waals surface area contributed by atoms with Crippen molar-refractivity contribution in [2.24, 2.45) is 5.92 Å². The zero-order valence-electron chi connectivity index (χ0n) is 15.8. The maximum Gasteiger partial charge on any atom is 0.326 e. The van der Waals surface area contributed by atoms with E-state index < -0.39 is 12.0 Å². The second kappa shape index (κ2) is 9.36. The number of benzene rings is 1. The molecular formula is C19H24N2O5S. The molecule has 1 heterocycles. The first-order valence-electron chi connectivity index (χ1n) is 8.53. The monoisotopic (exact) mass is 392 g/mol. The third-order valence-electron chi connectivity index (χ3n) is 3.87. The summed E-state index contributed by atoms with van der Waals surface area (Å²) in [6.45, 7) is 3.83. The highest BCUT2D eigenvalue weighted by atomic mass is 32.1. The average Bonchev–Trinajstić information content (AvgIpc) is 3.07. The standard InChI is InChI=1S/C19H24N2O5S/c1-11(2)8-14(19(23)24)21-16(22)9-12-10-27-18(20-12)13-6-5-7-15(25-3)17(13)26-4/h5-7,10-11,14H,8-9H2,1-4H3,(H,21,22)(H,23,24). The Balaban J connectivity index is 2.12. The van der Waals surface area contributed by atoms with Gasteiger partial charge in [-0.2, -0.15) is 0 Å². The highest BCUT2D eigenvalue weighted by Crippen LogP contribution is 2.38. The van der Waals surface area contributed by atoms with E-state index in [0.29, 0.717) is 28.6 Å². The molecule has 27 heavy (non-hydrogen) atoms. The number of hydrogen-bond donors (Lipinski definition) is 2. The van der Waals surface area contributed by atoms with E-state index in [1.807, 2.05) is 26.0 Å². The van der Waals surface area contributed by atoms with Gasteiger partial charge in [-0.05, 0) is 24.5 Å². The first-order valence-corrected chi connectivity index (χ1v) is 9.41. The highest BCUT2D eigenvalue weighted by Gasteiger charge is 2.22. The van der Waals surface area contributed by atoms with E-state index in [-0.39, 0.29) is 18.2 Å². The lowest BCUT2D eigenvalue weighted by Crippen LogP contribution is -2.42. The fraction of sp³-hybridized carbons (Fsp3) is 0.421. The normalized spacial score (nSPS) is 11.9. The molecule has 1 aromatic heterocycles. The van der Waals surface area contributed by atoms with Gasteiger partial charge < -0.3 is 19.9 Å². The molecule has 1 aromatic carbocycles. The van der Waals surface area contributed by atoms with Crippen LogP contribution < -0.4 is 14.8 Å². The van der Waals surface area contributed by atoms with E-state index >= 15 is 0 Å². The average molecular weight is 392 g/mol. The molecule has 0 spiro atoms. The third kappa shape index (κ3) is 5.43. The predicted molar refractivity (Wildman–Crippen MR) is 103 cm³/mol. The predicted octanol–water partition coefficient (Wildman–Crippen LogP) is 2.99. The summed E-state index contributed by atoms with van der Waals surface area (Å²) in [5.41, 5.74) is 1.35. The summed E-state index contributed by atoms with van der Waals surface area (Å²) in [4.78, 5) is 28.0. The van der Waals surface area contributed by atoms with Gasteiger partial charge in [-0.15, -0.1) is 11.3 Å². The summed E-state index contributed by atoms with van der Waals surface area (Å²) < 4.78 is 10.7. The van der Waals surface area contributed by atoms with Gasteiger partial charge in [0.1, 0.15) is 11.0 Å². The number of hydrogen-bond acceptors (Lipinski definition) is 6. The van der Waals surface area contributed by atoms with Crippen molar-refractivity contribution in [2.45, 2.75) is 32.7 Å². The number of nitrogens with one attached hydrogen (secondary N) is 1. The molecule has 0 saturated heterocycles. The first kappa shape index (κ1) is 20.7. The quantitative estimate of drug-likeness (QED) is 0.681. The number of carbonyl (C=O) groups excluding carboxylic acids is 1. The Morgan fingerprint density at radius 1 is 1.26 bits per heavy atom. The molecule has 146 valence electrons. The fourth-order valence-corrected chi connectivity index (χ4v) is 3.51. The number of aromatic nitrogens is 1. The van der Waals surface area contributed by atoms with E-state index in [4.69, 9.17) is 9.47 Å². The molecule has 0 radical (unpaired) electrons. The number of amides is 1. The van der Waals surface area contributed by atoms with Crippen LogP contribution in [0.25, 0.3) is 10.6 Å². The van der Waals surface area contributed by atoms with Gasteiger partial charge >= 0.3 is 5.97 Å². The van der Waals surface area contributed by atoms with Crippen molar-refractivity contribution < 1.29 is 24.2 Å². The largest absolute Gasteiger partial charge is 0.493 e. The number of carboxylic acids is 1. The Bertz CT molecular complexity index is 803. The van der Waals surface area contributed by atoms with Crippen LogP contribution in [-0.2, 0) is 16.0 Å². The van der Waals surface area contributed by atoms with Gasteiger partial charge in [0.05, 0.1) is 31.9 Å². The number of carboxylic acid groups (broad SMARTS) is 1. The van der Waals surface area contributed by atoms with E-state index in [2.05, 4.69) is 10.3 Å². The lowest BCUT2D eigenvalue weighted by atomic mass is 10.0. The second-order valence-electron chi connectivity index (χ2n) is 6.45. The number of methoxy groups -OCH3 is 2. The first-order chi connectivity index (χ1) is 12.8. The molecule has 2 rings (SSSR count). The smallest absolute Gasteiger partial charge is 0.326 e. The SMILES string of the molecule is COc1cccc(-c2nc(CC(=O)NC(CC(C)C)C(=O)O)cs2)c1OC. The summed E-state index contributed by atoms with van der Waals surface area (Å²) in [5, 5.41) is 14.3. The molecule has 1 amide bonds. The Hall–Kier alpha value is -2.61. The molecule has 1 atom stereocenters. The zero-order chi connectivity index (χ0) is 20.0. The van der Waals surface area contributed by atoms with Crippen LogP contribution in [0.15, 0.2) is 23.6 Å². The maximum atomic E-state index is 12.2. The van der Waals surface area contributed by atoms with Crippen LogP contribution >= 0.6 is 11.3 Å². The molecule has 0 aliphatic carbocycles. The van der Waals surface area contributed by atoms with Crippen LogP contribution in [0.3, 0.4) is 0 Å². The Labute approximate surface area is 162 Å². The minimum absolute atomic E-state index is 0.0185. The highest BCUT2D eigenvalue weighted by molar-refractivity contribution is 7.13. The lowest BCUT2D eigenvalue weighted by Gasteiger charge is -2.16. The molecule has 7 nitrogen and oxygen atoms in total. The van der Waals surface area contributed by atoms with Crippen LogP contribution in [0.1, 0.15) is 26.0 Å². The van der Waals surface area contributed by atoms with Gasteiger partial charge in [0.25, 0.3) is 0 Å². The number of ether oxygens (including phenoxy) is 2. The van der Waals surface area contributed by atoms with Gasteiger partial charge in [-0.1, -0.05) is 19.9 Å². The van der Waals surface area contributed by atoms with Crippen molar-refractivity contribution in [3.63, 3.8) is 0 Å². The van der Waals surface area contributed by atoms with Crippen LogP contribution in [0.5, 0.6) is 11.5 Å². The second-order valence-corrected chi connectivity index (χ2v) is 7.31. The van der Waals surface area contributed by atoms with Crippen molar-refractivity contribution in [1.29, 1.82) is 0 Å². The van der Waals surface area contributed by atoms with Gasteiger partial charge in [-0.3, -0.25) is 4.79 Å². The summed E-state index contributed by atoms with van der Waals surface area (Å²) in [7, 11) is 3.12. The summed E-state index contributed by atoms with van der Waals surface area (Å²) in [5.74, 6) is -0.0526. The van der Waals surface area contributed by atoms with E-state index in [1.54, 1.807) is 25.7 Å². The van der Waals surface area contributed by atoms with Crippen LogP contribution in [0.2, 0.25) is 0 Å². The van der Waals surface area contributed by atoms with Crippen LogP contribution in [0, 0.1) is 5.92 Å². The molecule has 2 N–H and O–H groups in total. The Kier molecular flexibility index (Phi) is 7.18.